The first-order valence-corrected chi connectivity index (χ1v) is 5.49. The standard InChI is InChI=1S/C10H10ClNOS/c1-6(12-13)9-5-7-3-2-4-8(11)10(7)14-9/h2-6,12-13H,1H3. The highest BCUT2D eigenvalue weighted by Gasteiger charge is 2.09. The predicted octanol–water partition coefficient (Wildman–Crippen LogP) is 3.59. The molecule has 1 atom stereocenters. The highest BCUT2D eigenvalue weighted by molar-refractivity contribution is 7.19. The zero-order valence-electron chi connectivity index (χ0n) is 7.62. The number of hydrogen-bond acceptors (Lipinski definition) is 3. The van der Waals surface area contributed by atoms with Gasteiger partial charge in [-0.3, -0.25) is 0 Å². The van der Waals surface area contributed by atoms with Gasteiger partial charge in [-0.15, -0.1) is 11.3 Å². The maximum Gasteiger partial charge on any atom is 0.0634 e. The number of benzene rings is 1. The van der Waals surface area contributed by atoms with Gasteiger partial charge in [-0.2, -0.15) is 5.48 Å². The van der Waals surface area contributed by atoms with Crippen LogP contribution in [0.15, 0.2) is 24.3 Å². The monoisotopic (exact) mass is 227 g/mol. The number of hydrogen-bond donors (Lipinski definition) is 2. The first kappa shape index (κ1) is 9.93. The van der Waals surface area contributed by atoms with E-state index in [-0.39, 0.29) is 6.04 Å². The van der Waals surface area contributed by atoms with Gasteiger partial charge in [0.2, 0.25) is 0 Å². The van der Waals surface area contributed by atoms with Crippen LogP contribution in [0.25, 0.3) is 10.1 Å². The van der Waals surface area contributed by atoms with Gasteiger partial charge in [0.1, 0.15) is 0 Å². The molecule has 0 spiro atoms. The third kappa shape index (κ3) is 1.64. The lowest BCUT2D eigenvalue weighted by Gasteiger charge is -2.03. The Bertz CT molecular complexity index is 454. The van der Waals surface area contributed by atoms with Crippen LogP contribution < -0.4 is 5.48 Å². The van der Waals surface area contributed by atoms with Crippen molar-refractivity contribution >= 4 is 33.0 Å². The van der Waals surface area contributed by atoms with E-state index in [1.165, 1.54) is 0 Å². The molecule has 2 rings (SSSR count). The molecule has 1 heterocycles. The number of rotatable bonds is 2. The smallest absolute Gasteiger partial charge is 0.0634 e. The number of halogens is 1. The summed E-state index contributed by atoms with van der Waals surface area (Å²) >= 11 is 7.65. The lowest BCUT2D eigenvalue weighted by atomic mass is 10.2. The molecule has 2 N–H and O–H groups in total. The first-order valence-electron chi connectivity index (χ1n) is 4.30. The van der Waals surface area contributed by atoms with Crippen molar-refractivity contribution in [2.45, 2.75) is 13.0 Å². The summed E-state index contributed by atoms with van der Waals surface area (Å²) in [6.07, 6.45) is 0. The van der Waals surface area contributed by atoms with Gasteiger partial charge in [0.05, 0.1) is 15.8 Å². The van der Waals surface area contributed by atoms with Crippen molar-refractivity contribution < 1.29 is 5.21 Å². The third-order valence-corrected chi connectivity index (χ3v) is 3.93. The molecule has 0 radical (unpaired) electrons. The van der Waals surface area contributed by atoms with E-state index >= 15 is 0 Å². The first-order chi connectivity index (χ1) is 6.72. The lowest BCUT2D eigenvalue weighted by molar-refractivity contribution is 0.135. The number of nitrogens with one attached hydrogen (secondary N) is 1. The Morgan fingerprint density at radius 2 is 2.29 bits per heavy atom. The van der Waals surface area contributed by atoms with Crippen LogP contribution >= 0.6 is 22.9 Å². The molecule has 74 valence electrons. The van der Waals surface area contributed by atoms with Crippen molar-refractivity contribution in [3.63, 3.8) is 0 Å². The fourth-order valence-electron chi connectivity index (χ4n) is 1.32. The molecule has 0 aliphatic heterocycles. The maximum absolute atomic E-state index is 8.81. The van der Waals surface area contributed by atoms with Crippen LogP contribution in [0.3, 0.4) is 0 Å². The second kappa shape index (κ2) is 3.87. The van der Waals surface area contributed by atoms with E-state index in [4.69, 9.17) is 16.8 Å². The van der Waals surface area contributed by atoms with Crippen LogP contribution in [0.5, 0.6) is 0 Å². The maximum atomic E-state index is 8.81. The highest BCUT2D eigenvalue weighted by Crippen LogP contribution is 2.34. The minimum Gasteiger partial charge on any atom is -0.316 e. The summed E-state index contributed by atoms with van der Waals surface area (Å²) in [6.45, 7) is 1.90. The van der Waals surface area contributed by atoms with Gasteiger partial charge in [0, 0.05) is 4.88 Å². The number of fused-ring (bicyclic) bond motifs is 1. The van der Waals surface area contributed by atoms with E-state index in [9.17, 15) is 0 Å². The number of thiophene rings is 1. The molecule has 1 unspecified atom stereocenters. The summed E-state index contributed by atoms with van der Waals surface area (Å²) in [5.74, 6) is 0. The van der Waals surface area contributed by atoms with Gasteiger partial charge in [-0.1, -0.05) is 23.7 Å². The van der Waals surface area contributed by atoms with Crippen molar-refractivity contribution in [3.8, 4) is 0 Å². The lowest BCUT2D eigenvalue weighted by Crippen LogP contribution is -2.11. The molecule has 2 aromatic rings. The summed E-state index contributed by atoms with van der Waals surface area (Å²) in [7, 11) is 0. The second-order valence-corrected chi connectivity index (χ2v) is 4.65. The van der Waals surface area contributed by atoms with Gasteiger partial charge >= 0.3 is 0 Å². The fraction of sp³-hybridized carbons (Fsp3) is 0.200. The Morgan fingerprint density at radius 3 is 2.93 bits per heavy atom. The van der Waals surface area contributed by atoms with Crippen LogP contribution in [-0.4, -0.2) is 5.21 Å². The SMILES string of the molecule is CC(NO)c1cc2cccc(Cl)c2s1. The van der Waals surface area contributed by atoms with Crippen LogP contribution in [-0.2, 0) is 0 Å². The van der Waals surface area contributed by atoms with Gasteiger partial charge < -0.3 is 5.21 Å². The molecule has 2 nitrogen and oxygen atoms in total. The van der Waals surface area contributed by atoms with Crippen molar-refractivity contribution in [1.29, 1.82) is 0 Å². The largest absolute Gasteiger partial charge is 0.316 e. The Kier molecular flexibility index (Phi) is 2.74. The zero-order valence-corrected chi connectivity index (χ0v) is 9.19. The molecule has 14 heavy (non-hydrogen) atoms. The second-order valence-electron chi connectivity index (χ2n) is 3.16. The summed E-state index contributed by atoms with van der Waals surface area (Å²) in [5, 5.41) is 10.7. The summed E-state index contributed by atoms with van der Waals surface area (Å²) in [4.78, 5) is 1.08. The molecule has 0 aliphatic rings. The van der Waals surface area contributed by atoms with Gasteiger partial charge in [0.15, 0.2) is 0 Å². The Hall–Kier alpha value is -0.610. The van der Waals surface area contributed by atoms with Crippen molar-refractivity contribution in [3.05, 3.63) is 34.2 Å². The summed E-state index contributed by atoms with van der Waals surface area (Å²) in [5.41, 5.74) is 2.23. The van der Waals surface area contributed by atoms with E-state index in [0.29, 0.717) is 0 Å². The zero-order chi connectivity index (χ0) is 10.1. The van der Waals surface area contributed by atoms with E-state index in [1.807, 2.05) is 31.2 Å². The van der Waals surface area contributed by atoms with Crippen LogP contribution in [0, 0.1) is 0 Å². The Labute approximate surface area is 91.1 Å². The van der Waals surface area contributed by atoms with Crippen molar-refractivity contribution in [2.75, 3.05) is 0 Å². The van der Waals surface area contributed by atoms with Gasteiger partial charge in [0.25, 0.3) is 0 Å². The topological polar surface area (TPSA) is 32.3 Å². The van der Waals surface area contributed by atoms with Crippen LogP contribution in [0.4, 0.5) is 0 Å². The van der Waals surface area contributed by atoms with Crippen LogP contribution in [0.1, 0.15) is 17.8 Å². The summed E-state index contributed by atoms with van der Waals surface area (Å²) < 4.78 is 1.08. The highest BCUT2D eigenvalue weighted by atomic mass is 35.5. The molecule has 1 aromatic heterocycles. The minimum atomic E-state index is -0.0523. The molecule has 0 saturated carbocycles. The molecule has 1 aromatic carbocycles. The molecular weight excluding hydrogens is 218 g/mol. The molecule has 0 saturated heterocycles. The fourth-order valence-corrected chi connectivity index (χ4v) is 2.68. The molecule has 0 amide bonds. The van der Waals surface area contributed by atoms with Gasteiger partial charge in [-0.25, -0.2) is 0 Å². The van der Waals surface area contributed by atoms with Gasteiger partial charge in [-0.05, 0) is 24.4 Å². The Morgan fingerprint density at radius 1 is 1.50 bits per heavy atom. The molecule has 0 fully saturated rings. The Balaban J connectivity index is 2.56. The van der Waals surface area contributed by atoms with Crippen molar-refractivity contribution in [1.82, 2.24) is 5.48 Å². The molecular formula is C10H10ClNOS. The third-order valence-electron chi connectivity index (χ3n) is 2.14. The van der Waals surface area contributed by atoms with E-state index in [1.54, 1.807) is 11.3 Å². The van der Waals surface area contributed by atoms with Crippen LogP contribution in [0.2, 0.25) is 5.02 Å². The van der Waals surface area contributed by atoms with E-state index in [2.05, 4.69) is 5.48 Å². The van der Waals surface area contributed by atoms with Crippen molar-refractivity contribution in [2.24, 2.45) is 0 Å². The summed E-state index contributed by atoms with van der Waals surface area (Å²) in [6, 6.07) is 7.81. The average molecular weight is 228 g/mol. The molecule has 4 heteroatoms. The molecule has 0 aliphatic carbocycles. The average Bonchev–Trinajstić information content (AvgIpc) is 2.62. The number of hydroxylamine groups is 1. The quantitative estimate of drug-likeness (QED) is 0.769. The predicted molar refractivity (Wildman–Crippen MR) is 60.2 cm³/mol. The molecule has 0 bridgehead atoms. The van der Waals surface area contributed by atoms with E-state index < -0.39 is 0 Å². The normalized spacial score (nSPS) is 13.4. The van der Waals surface area contributed by atoms with E-state index in [0.717, 1.165) is 20.0 Å². The minimum absolute atomic E-state index is 0.0523.